The van der Waals surface area contributed by atoms with Crippen molar-refractivity contribution >= 4 is 15.9 Å². The molecule has 0 amide bonds. The SMILES string of the molecule is CCCC(C)(CBr)COCC(F)(F)F. The Morgan fingerprint density at radius 2 is 1.79 bits per heavy atom. The minimum absolute atomic E-state index is 0.144. The van der Waals surface area contributed by atoms with Crippen LogP contribution in [-0.2, 0) is 4.74 Å². The van der Waals surface area contributed by atoms with Crippen LogP contribution in [0.4, 0.5) is 13.2 Å². The molecule has 0 spiro atoms. The molecule has 1 unspecified atom stereocenters. The zero-order chi connectivity index (χ0) is 11.2. The lowest BCUT2D eigenvalue weighted by molar-refractivity contribution is -0.179. The molecule has 0 aromatic rings. The minimum atomic E-state index is -4.22. The van der Waals surface area contributed by atoms with Gasteiger partial charge in [0.05, 0.1) is 6.61 Å². The summed E-state index contributed by atoms with van der Waals surface area (Å²) in [4.78, 5) is 0. The molecule has 14 heavy (non-hydrogen) atoms. The molecule has 0 aromatic carbocycles. The predicted octanol–water partition coefficient (Wildman–Crippen LogP) is 3.77. The molecule has 1 atom stereocenters. The van der Waals surface area contributed by atoms with Gasteiger partial charge in [0.15, 0.2) is 0 Å². The van der Waals surface area contributed by atoms with E-state index >= 15 is 0 Å². The fourth-order valence-electron chi connectivity index (χ4n) is 1.19. The lowest BCUT2D eigenvalue weighted by Gasteiger charge is -2.26. The Kier molecular flexibility index (Phi) is 6.05. The van der Waals surface area contributed by atoms with Crippen LogP contribution >= 0.6 is 15.9 Å². The summed E-state index contributed by atoms with van der Waals surface area (Å²) in [5.74, 6) is 0. The molecule has 0 rings (SSSR count). The van der Waals surface area contributed by atoms with E-state index in [-0.39, 0.29) is 12.0 Å². The fraction of sp³-hybridized carbons (Fsp3) is 1.00. The molecule has 0 radical (unpaired) electrons. The van der Waals surface area contributed by atoms with Gasteiger partial charge in [0, 0.05) is 10.7 Å². The first-order chi connectivity index (χ1) is 6.33. The summed E-state index contributed by atoms with van der Waals surface area (Å²) in [6.45, 7) is 2.91. The van der Waals surface area contributed by atoms with Crippen molar-refractivity contribution in [1.29, 1.82) is 0 Å². The lowest BCUT2D eigenvalue weighted by Crippen LogP contribution is -2.28. The van der Waals surface area contributed by atoms with E-state index in [1.165, 1.54) is 0 Å². The Balaban J connectivity index is 3.84. The van der Waals surface area contributed by atoms with Gasteiger partial charge in [-0.05, 0) is 6.42 Å². The van der Waals surface area contributed by atoms with Crippen LogP contribution in [0.5, 0.6) is 0 Å². The second-order valence-electron chi connectivity index (χ2n) is 3.80. The first kappa shape index (κ1) is 14.2. The average molecular weight is 277 g/mol. The maximum atomic E-state index is 11.8. The molecule has 5 heteroatoms. The van der Waals surface area contributed by atoms with Crippen LogP contribution in [0.15, 0.2) is 0 Å². The van der Waals surface area contributed by atoms with Gasteiger partial charge in [-0.3, -0.25) is 0 Å². The summed E-state index contributed by atoms with van der Waals surface area (Å²) >= 11 is 3.29. The van der Waals surface area contributed by atoms with Crippen molar-refractivity contribution in [2.45, 2.75) is 32.9 Å². The third-order valence-corrected chi connectivity index (χ3v) is 3.25. The van der Waals surface area contributed by atoms with Crippen molar-refractivity contribution in [2.24, 2.45) is 5.41 Å². The Morgan fingerprint density at radius 3 is 2.14 bits per heavy atom. The minimum Gasteiger partial charge on any atom is -0.371 e. The van der Waals surface area contributed by atoms with Gasteiger partial charge in [0.1, 0.15) is 6.61 Å². The van der Waals surface area contributed by atoms with Crippen molar-refractivity contribution in [2.75, 3.05) is 18.5 Å². The van der Waals surface area contributed by atoms with Gasteiger partial charge in [-0.1, -0.05) is 36.2 Å². The molecule has 0 saturated heterocycles. The molecule has 0 saturated carbocycles. The van der Waals surface area contributed by atoms with Gasteiger partial charge in [0.25, 0.3) is 0 Å². The van der Waals surface area contributed by atoms with Crippen LogP contribution in [0, 0.1) is 5.41 Å². The zero-order valence-corrected chi connectivity index (χ0v) is 10.0. The Morgan fingerprint density at radius 1 is 1.21 bits per heavy atom. The molecule has 0 fully saturated rings. The number of alkyl halides is 4. The molecule has 1 nitrogen and oxygen atoms in total. The van der Waals surface area contributed by atoms with Gasteiger partial charge in [-0.15, -0.1) is 0 Å². The molecule has 0 aliphatic heterocycles. The number of halogens is 4. The third kappa shape index (κ3) is 6.65. The van der Waals surface area contributed by atoms with Crippen LogP contribution in [0.2, 0.25) is 0 Å². The highest BCUT2D eigenvalue weighted by atomic mass is 79.9. The van der Waals surface area contributed by atoms with Crippen molar-refractivity contribution in [3.8, 4) is 0 Å². The maximum Gasteiger partial charge on any atom is 0.411 e. The highest BCUT2D eigenvalue weighted by Crippen LogP contribution is 2.27. The Labute approximate surface area is 91.1 Å². The molecule has 0 aromatic heterocycles. The second-order valence-corrected chi connectivity index (χ2v) is 4.36. The molecular weight excluding hydrogens is 261 g/mol. The van der Waals surface area contributed by atoms with E-state index in [0.717, 1.165) is 12.8 Å². The van der Waals surface area contributed by atoms with E-state index in [1.54, 1.807) is 0 Å². The quantitative estimate of drug-likeness (QED) is 0.671. The molecule has 86 valence electrons. The normalized spacial score (nSPS) is 16.7. The van der Waals surface area contributed by atoms with E-state index in [2.05, 4.69) is 20.7 Å². The zero-order valence-electron chi connectivity index (χ0n) is 8.46. The van der Waals surface area contributed by atoms with E-state index in [4.69, 9.17) is 0 Å². The highest BCUT2D eigenvalue weighted by molar-refractivity contribution is 9.09. The number of ether oxygens (including phenoxy) is 1. The first-order valence-electron chi connectivity index (χ1n) is 4.53. The van der Waals surface area contributed by atoms with Crippen molar-refractivity contribution in [1.82, 2.24) is 0 Å². The maximum absolute atomic E-state index is 11.8. The van der Waals surface area contributed by atoms with Gasteiger partial charge < -0.3 is 4.74 Å². The summed E-state index contributed by atoms with van der Waals surface area (Å²) in [6, 6.07) is 0. The number of rotatable bonds is 6. The number of hydrogen-bond donors (Lipinski definition) is 0. The van der Waals surface area contributed by atoms with Crippen LogP contribution in [-0.4, -0.2) is 24.7 Å². The predicted molar refractivity (Wildman–Crippen MR) is 53.7 cm³/mol. The van der Waals surface area contributed by atoms with E-state index < -0.39 is 12.8 Å². The molecule has 0 heterocycles. The summed E-state index contributed by atoms with van der Waals surface area (Å²) in [5, 5.41) is 0.658. The van der Waals surface area contributed by atoms with Crippen molar-refractivity contribution < 1.29 is 17.9 Å². The standard InChI is InChI=1S/C9H16BrF3O/c1-3-4-8(2,5-10)6-14-7-9(11,12)13/h3-7H2,1-2H3. The van der Waals surface area contributed by atoms with E-state index in [0.29, 0.717) is 5.33 Å². The largest absolute Gasteiger partial charge is 0.411 e. The van der Waals surface area contributed by atoms with E-state index in [1.807, 2.05) is 13.8 Å². The van der Waals surface area contributed by atoms with Crippen LogP contribution < -0.4 is 0 Å². The first-order valence-corrected chi connectivity index (χ1v) is 5.65. The fourth-order valence-corrected chi connectivity index (χ4v) is 1.64. The average Bonchev–Trinajstić information content (AvgIpc) is 2.02. The number of hydrogen-bond acceptors (Lipinski definition) is 1. The smallest absolute Gasteiger partial charge is 0.371 e. The molecular formula is C9H16BrF3O. The van der Waals surface area contributed by atoms with Gasteiger partial charge >= 0.3 is 6.18 Å². The van der Waals surface area contributed by atoms with Gasteiger partial charge in [-0.25, -0.2) is 0 Å². The van der Waals surface area contributed by atoms with Crippen LogP contribution in [0.1, 0.15) is 26.7 Å². The second kappa shape index (κ2) is 5.95. The van der Waals surface area contributed by atoms with E-state index in [9.17, 15) is 13.2 Å². The summed E-state index contributed by atoms with van der Waals surface area (Å²) in [7, 11) is 0. The summed E-state index contributed by atoms with van der Waals surface area (Å²) < 4.78 is 40.0. The molecule has 0 N–H and O–H groups in total. The monoisotopic (exact) mass is 276 g/mol. The Hall–Kier alpha value is 0.230. The van der Waals surface area contributed by atoms with Crippen molar-refractivity contribution in [3.63, 3.8) is 0 Å². The molecule has 0 bridgehead atoms. The highest BCUT2D eigenvalue weighted by Gasteiger charge is 2.30. The summed E-state index contributed by atoms with van der Waals surface area (Å²) in [6.07, 6.45) is -2.42. The molecule has 0 aliphatic carbocycles. The van der Waals surface area contributed by atoms with Crippen LogP contribution in [0.25, 0.3) is 0 Å². The topological polar surface area (TPSA) is 9.23 Å². The summed E-state index contributed by atoms with van der Waals surface area (Å²) in [5.41, 5.74) is -0.194. The molecule has 0 aliphatic rings. The lowest BCUT2D eigenvalue weighted by atomic mass is 9.89. The third-order valence-electron chi connectivity index (χ3n) is 1.89. The van der Waals surface area contributed by atoms with Gasteiger partial charge in [-0.2, -0.15) is 13.2 Å². The van der Waals surface area contributed by atoms with Crippen molar-refractivity contribution in [3.05, 3.63) is 0 Å². The van der Waals surface area contributed by atoms with Crippen LogP contribution in [0.3, 0.4) is 0 Å². The Bertz CT molecular complexity index is 161. The van der Waals surface area contributed by atoms with Gasteiger partial charge in [0.2, 0.25) is 0 Å².